The lowest BCUT2D eigenvalue weighted by molar-refractivity contribution is -0.160. The minimum absolute atomic E-state index is 0.0265. The van der Waals surface area contributed by atoms with Gasteiger partial charge in [0.2, 0.25) is 5.91 Å². The van der Waals surface area contributed by atoms with Crippen molar-refractivity contribution in [1.82, 2.24) is 9.80 Å². The van der Waals surface area contributed by atoms with Crippen LogP contribution in [-0.4, -0.2) is 55.0 Å². The topological polar surface area (TPSA) is 68.3 Å². The summed E-state index contributed by atoms with van der Waals surface area (Å²) in [6, 6.07) is 12.6. The molecule has 0 radical (unpaired) electrons. The SMILES string of the molecule is CCCOc1ccc(C2C(=O)N(C3CCC(C)CC3)CC(=O)N2Cc2cccc(OC)c2)cc1OC. The van der Waals surface area contributed by atoms with Gasteiger partial charge in [-0.3, -0.25) is 9.59 Å². The van der Waals surface area contributed by atoms with E-state index in [1.807, 2.05) is 54.3 Å². The molecule has 1 aliphatic heterocycles. The Bertz CT molecular complexity index is 1060. The third-order valence-electron chi connectivity index (χ3n) is 7.33. The summed E-state index contributed by atoms with van der Waals surface area (Å²) in [5, 5.41) is 0. The summed E-state index contributed by atoms with van der Waals surface area (Å²) < 4.78 is 16.8. The van der Waals surface area contributed by atoms with Crippen LogP contribution in [0.15, 0.2) is 42.5 Å². The Morgan fingerprint density at radius 3 is 2.42 bits per heavy atom. The van der Waals surface area contributed by atoms with Crippen molar-refractivity contribution in [2.45, 2.75) is 64.6 Å². The first-order valence-electron chi connectivity index (χ1n) is 13.0. The number of hydrogen-bond acceptors (Lipinski definition) is 5. The molecule has 0 N–H and O–H groups in total. The highest BCUT2D eigenvalue weighted by Crippen LogP contribution is 2.38. The predicted molar refractivity (Wildman–Crippen MR) is 138 cm³/mol. The summed E-state index contributed by atoms with van der Waals surface area (Å²) in [4.78, 5) is 31.2. The van der Waals surface area contributed by atoms with Gasteiger partial charge in [0.25, 0.3) is 5.91 Å². The quantitative estimate of drug-likeness (QED) is 0.492. The molecule has 1 saturated carbocycles. The van der Waals surface area contributed by atoms with Crippen molar-refractivity contribution < 1.29 is 23.8 Å². The molecule has 2 aliphatic rings. The van der Waals surface area contributed by atoms with Gasteiger partial charge in [-0.1, -0.05) is 32.0 Å². The Balaban J connectivity index is 1.69. The van der Waals surface area contributed by atoms with Crippen molar-refractivity contribution >= 4 is 11.8 Å². The average molecular weight is 495 g/mol. The number of rotatable bonds is 9. The highest BCUT2D eigenvalue weighted by molar-refractivity contribution is 5.96. The lowest BCUT2D eigenvalue weighted by atomic mass is 9.85. The maximum absolute atomic E-state index is 14.1. The molecule has 4 rings (SSSR count). The van der Waals surface area contributed by atoms with E-state index in [0.29, 0.717) is 30.6 Å². The van der Waals surface area contributed by atoms with Crippen LogP contribution in [0.1, 0.15) is 63.1 Å². The van der Waals surface area contributed by atoms with Gasteiger partial charge in [-0.25, -0.2) is 0 Å². The molecule has 1 heterocycles. The van der Waals surface area contributed by atoms with Crippen molar-refractivity contribution in [3.63, 3.8) is 0 Å². The highest BCUT2D eigenvalue weighted by atomic mass is 16.5. The molecule has 1 saturated heterocycles. The van der Waals surface area contributed by atoms with Crippen molar-refractivity contribution in [2.75, 3.05) is 27.4 Å². The number of benzene rings is 2. The van der Waals surface area contributed by atoms with Crippen LogP contribution in [0, 0.1) is 5.92 Å². The molecule has 2 aromatic carbocycles. The molecule has 0 bridgehead atoms. The lowest BCUT2D eigenvalue weighted by Gasteiger charge is -2.45. The second-order valence-corrected chi connectivity index (χ2v) is 9.91. The van der Waals surface area contributed by atoms with Crippen molar-refractivity contribution in [1.29, 1.82) is 0 Å². The Hall–Kier alpha value is -3.22. The number of amides is 2. The smallest absolute Gasteiger partial charge is 0.250 e. The summed E-state index contributed by atoms with van der Waals surface area (Å²) in [5.74, 6) is 2.50. The Labute approximate surface area is 214 Å². The van der Waals surface area contributed by atoms with Gasteiger partial charge in [-0.2, -0.15) is 0 Å². The summed E-state index contributed by atoms with van der Waals surface area (Å²) >= 11 is 0. The van der Waals surface area contributed by atoms with Gasteiger partial charge >= 0.3 is 0 Å². The van der Waals surface area contributed by atoms with E-state index in [1.54, 1.807) is 19.1 Å². The fourth-order valence-corrected chi connectivity index (χ4v) is 5.27. The van der Waals surface area contributed by atoms with Gasteiger partial charge in [0.15, 0.2) is 11.5 Å². The maximum atomic E-state index is 14.1. The van der Waals surface area contributed by atoms with Crippen molar-refractivity contribution in [2.24, 2.45) is 5.92 Å². The zero-order chi connectivity index (χ0) is 25.7. The van der Waals surface area contributed by atoms with E-state index in [-0.39, 0.29) is 24.4 Å². The molecule has 2 fully saturated rings. The third kappa shape index (κ3) is 5.61. The first-order valence-corrected chi connectivity index (χ1v) is 13.0. The minimum Gasteiger partial charge on any atom is -0.497 e. The second kappa shape index (κ2) is 11.7. The minimum atomic E-state index is -0.731. The van der Waals surface area contributed by atoms with Crippen LogP contribution in [-0.2, 0) is 16.1 Å². The molecule has 0 spiro atoms. The summed E-state index contributed by atoms with van der Waals surface area (Å²) in [6.07, 6.45) is 4.92. The highest BCUT2D eigenvalue weighted by Gasteiger charge is 2.43. The molecule has 194 valence electrons. The van der Waals surface area contributed by atoms with Crippen LogP contribution in [0.25, 0.3) is 0 Å². The zero-order valence-electron chi connectivity index (χ0n) is 21.9. The molecule has 1 atom stereocenters. The van der Waals surface area contributed by atoms with Crippen LogP contribution < -0.4 is 14.2 Å². The molecule has 2 aromatic rings. The summed E-state index contributed by atoms with van der Waals surface area (Å²) in [7, 11) is 3.21. The van der Waals surface area contributed by atoms with Crippen molar-refractivity contribution in [3.8, 4) is 17.2 Å². The number of piperazine rings is 1. The Morgan fingerprint density at radius 2 is 1.72 bits per heavy atom. The zero-order valence-corrected chi connectivity index (χ0v) is 21.9. The van der Waals surface area contributed by atoms with Gasteiger partial charge in [0.1, 0.15) is 18.3 Å². The van der Waals surface area contributed by atoms with Crippen LogP contribution >= 0.6 is 0 Å². The van der Waals surface area contributed by atoms with Crippen LogP contribution in [0.5, 0.6) is 17.2 Å². The molecule has 36 heavy (non-hydrogen) atoms. The lowest BCUT2D eigenvalue weighted by Crippen LogP contribution is -2.58. The molecular weight excluding hydrogens is 456 g/mol. The number of nitrogens with zero attached hydrogens (tertiary/aromatic N) is 2. The third-order valence-corrected chi connectivity index (χ3v) is 7.33. The van der Waals surface area contributed by atoms with Gasteiger partial charge in [-0.15, -0.1) is 0 Å². The molecular formula is C29H38N2O5. The maximum Gasteiger partial charge on any atom is 0.250 e. The van der Waals surface area contributed by atoms with E-state index in [9.17, 15) is 9.59 Å². The first kappa shape index (κ1) is 25.9. The molecule has 0 aromatic heterocycles. The van der Waals surface area contributed by atoms with Crippen LogP contribution in [0.3, 0.4) is 0 Å². The number of hydrogen-bond donors (Lipinski definition) is 0. The molecule has 1 aliphatic carbocycles. The van der Waals surface area contributed by atoms with E-state index in [0.717, 1.165) is 49.0 Å². The van der Waals surface area contributed by atoms with E-state index >= 15 is 0 Å². The van der Waals surface area contributed by atoms with E-state index in [1.165, 1.54) is 0 Å². The fraction of sp³-hybridized carbons (Fsp3) is 0.517. The van der Waals surface area contributed by atoms with Gasteiger partial charge in [-0.05, 0) is 73.4 Å². The number of carbonyl (C=O) groups excluding carboxylic acids is 2. The number of ether oxygens (including phenoxy) is 3. The molecule has 7 heteroatoms. The predicted octanol–water partition coefficient (Wildman–Crippen LogP) is 4.98. The molecule has 1 unspecified atom stereocenters. The van der Waals surface area contributed by atoms with Crippen LogP contribution in [0.2, 0.25) is 0 Å². The van der Waals surface area contributed by atoms with E-state index in [4.69, 9.17) is 14.2 Å². The first-order chi connectivity index (χ1) is 17.4. The Kier molecular flexibility index (Phi) is 8.39. The average Bonchev–Trinajstić information content (AvgIpc) is 2.90. The Morgan fingerprint density at radius 1 is 0.944 bits per heavy atom. The summed E-state index contributed by atoms with van der Waals surface area (Å²) in [5.41, 5.74) is 1.64. The second-order valence-electron chi connectivity index (χ2n) is 9.91. The van der Waals surface area contributed by atoms with Crippen molar-refractivity contribution in [3.05, 3.63) is 53.6 Å². The monoisotopic (exact) mass is 494 g/mol. The number of carbonyl (C=O) groups is 2. The van der Waals surface area contributed by atoms with Gasteiger partial charge in [0, 0.05) is 12.6 Å². The van der Waals surface area contributed by atoms with E-state index in [2.05, 4.69) is 6.92 Å². The molecule has 2 amide bonds. The molecule has 7 nitrogen and oxygen atoms in total. The fourth-order valence-electron chi connectivity index (χ4n) is 5.27. The summed E-state index contributed by atoms with van der Waals surface area (Å²) in [6.45, 7) is 5.31. The van der Waals surface area contributed by atoms with Gasteiger partial charge < -0.3 is 24.0 Å². The van der Waals surface area contributed by atoms with Gasteiger partial charge in [0.05, 0.1) is 20.8 Å². The normalized spacial score (nSPS) is 22.5. The van der Waals surface area contributed by atoms with E-state index < -0.39 is 6.04 Å². The van der Waals surface area contributed by atoms with Crippen LogP contribution in [0.4, 0.5) is 0 Å². The standard InChI is InChI=1S/C29H38N2O5/c1-5-15-36-25-14-11-22(17-26(25)35-4)28-29(33)30(23-12-9-20(2)10-13-23)19-27(32)31(28)18-21-7-6-8-24(16-21)34-3/h6-8,11,14,16-17,20,23,28H,5,9-10,12-13,15,18-19H2,1-4H3. The largest absolute Gasteiger partial charge is 0.497 e. The number of methoxy groups -OCH3 is 2.